The van der Waals surface area contributed by atoms with Crippen molar-refractivity contribution in [3.8, 4) is 5.75 Å². The third kappa shape index (κ3) is 4.97. The van der Waals surface area contributed by atoms with E-state index in [4.69, 9.17) is 4.74 Å². The van der Waals surface area contributed by atoms with Crippen LogP contribution in [-0.2, 0) is 22.6 Å². The van der Waals surface area contributed by atoms with E-state index in [-0.39, 0.29) is 17.7 Å². The third-order valence-electron chi connectivity index (χ3n) is 4.69. The van der Waals surface area contributed by atoms with Crippen molar-refractivity contribution in [1.82, 2.24) is 10.2 Å². The van der Waals surface area contributed by atoms with Crippen molar-refractivity contribution in [2.24, 2.45) is 11.8 Å². The van der Waals surface area contributed by atoms with Crippen LogP contribution in [0.1, 0.15) is 44.2 Å². The van der Waals surface area contributed by atoms with Crippen molar-refractivity contribution in [3.63, 3.8) is 0 Å². The Balaban J connectivity index is 1.60. The number of amides is 2. The molecule has 2 aliphatic rings. The number of carbonyl (C=O) groups is 2. The van der Waals surface area contributed by atoms with Crippen molar-refractivity contribution in [2.75, 3.05) is 19.7 Å². The first kappa shape index (κ1) is 17.8. The van der Waals surface area contributed by atoms with E-state index in [0.717, 1.165) is 36.3 Å². The summed E-state index contributed by atoms with van der Waals surface area (Å²) in [6, 6.07) is 6.08. The quantitative estimate of drug-likeness (QED) is 0.863. The van der Waals surface area contributed by atoms with Gasteiger partial charge in [-0.2, -0.15) is 0 Å². The monoisotopic (exact) mass is 344 g/mol. The molecule has 1 N–H and O–H groups in total. The van der Waals surface area contributed by atoms with Crippen molar-refractivity contribution >= 4 is 11.8 Å². The molecule has 2 amide bonds. The van der Waals surface area contributed by atoms with Crippen molar-refractivity contribution in [1.29, 1.82) is 0 Å². The molecule has 0 atom stereocenters. The van der Waals surface area contributed by atoms with Crippen LogP contribution in [0.4, 0.5) is 0 Å². The average Bonchev–Trinajstić information content (AvgIpc) is 3.43. The molecule has 1 aliphatic heterocycles. The summed E-state index contributed by atoms with van der Waals surface area (Å²) in [4.78, 5) is 26.2. The minimum absolute atomic E-state index is 0.0884. The fraction of sp³-hybridized carbons (Fsp3) is 0.600. The Morgan fingerprint density at radius 1 is 1.32 bits per heavy atom. The Labute approximate surface area is 149 Å². The summed E-state index contributed by atoms with van der Waals surface area (Å²) < 4.78 is 5.80. The van der Waals surface area contributed by atoms with Crippen LogP contribution in [0.15, 0.2) is 18.2 Å². The van der Waals surface area contributed by atoms with Gasteiger partial charge in [-0.3, -0.25) is 9.59 Å². The third-order valence-corrected chi connectivity index (χ3v) is 4.69. The molecule has 25 heavy (non-hydrogen) atoms. The van der Waals surface area contributed by atoms with Gasteiger partial charge in [0.1, 0.15) is 12.4 Å². The van der Waals surface area contributed by atoms with Crippen molar-refractivity contribution < 1.29 is 14.3 Å². The number of nitrogens with one attached hydrogen (secondary N) is 1. The van der Waals surface area contributed by atoms with E-state index in [9.17, 15) is 9.59 Å². The van der Waals surface area contributed by atoms with E-state index in [1.54, 1.807) is 0 Å². The van der Waals surface area contributed by atoms with E-state index in [2.05, 4.69) is 25.2 Å². The normalized spacial score (nSPS) is 16.8. The molecule has 0 radical (unpaired) electrons. The van der Waals surface area contributed by atoms with Crippen LogP contribution in [0.25, 0.3) is 0 Å². The van der Waals surface area contributed by atoms with Gasteiger partial charge in [-0.05, 0) is 36.8 Å². The lowest BCUT2D eigenvalue weighted by molar-refractivity contribution is -0.133. The zero-order chi connectivity index (χ0) is 17.8. The second-order valence-electron chi connectivity index (χ2n) is 7.52. The molecule has 5 heteroatoms. The number of hydrogen-bond donors (Lipinski definition) is 1. The second-order valence-corrected chi connectivity index (χ2v) is 7.52. The zero-order valence-electron chi connectivity index (χ0n) is 15.2. The number of carbonyl (C=O) groups excluding carboxylic acids is 2. The van der Waals surface area contributed by atoms with Gasteiger partial charge in [-0.1, -0.05) is 26.0 Å². The van der Waals surface area contributed by atoms with E-state index in [1.165, 1.54) is 0 Å². The Bertz CT molecular complexity index is 638. The first-order valence-corrected chi connectivity index (χ1v) is 9.33. The predicted molar refractivity (Wildman–Crippen MR) is 96.2 cm³/mol. The standard InChI is InChI=1S/C20H28N2O3/c1-14(2)12-21-19(23)8-4-15-3-7-18-17(11-15)13-22(9-10-25-18)20(24)16-5-6-16/h3,7,11,14,16H,4-6,8-10,12-13H2,1-2H3,(H,21,23). The maximum absolute atomic E-state index is 12.4. The van der Waals surface area contributed by atoms with Gasteiger partial charge in [0, 0.05) is 31.0 Å². The van der Waals surface area contributed by atoms with Crippen LogP contribution >= 0.6 is 0 Å². The number of fused-ring (bicyclic) bond motifs is 1. The van der Waals surface area contributed by atoms with Crippen LogP contribution in [0.3, 0.4) is 0 Å². The molecular formula is C20H28N2O3. The second kappa shape index (κ2) is 7.89. The van der Waals surface area contributed by atoms with Crippen molar-refractivity contribution in [3.05, 3.63) is 29.3 Å². The van der Waals surface area contributed by atoms with Gasteiger partial charge in [-0.25, -0.2) is 0 Å². The first-order chi connectivity index (χ1) is 12.0. The summed E-state index contributed by atoms with van der Waals surface area (Å²) in [5, 5.41) is 2.95. The van der Waals surface area contributed by atoms with Crippen LogP contribution < -0.4 is 10.1 Å². The summed E-state index contributed by atoms with van der Waals surface area (Å²) >= 11 is 0. The number of rotatable bonds is 6. The minimum Gasteiger partial charge on any atom is -0.491 e. The molecule has 1 aliphatic carbocycles. The molecule has 0 unspecified atom stereocenters. The maximum atomic E-state index is 12.4. The molecule has 1 aromatic carbocycles. The molecule has 0 bridgehead atoms. The average molecular weight is 344 g/mol. The lowest BCUT2D eigenvalue weighted by Gasteiger charge is -2.19. The fourth-order valence-electron chi connectivity index (χ4n) is 3.04. The minimum atomic E-state index is 0.0884. The molecule has 1 fully saturated rings. The van der Waals surface area contributed by atoms with Crippen LogP contribution in [0.5, 0.6) is 5.75 Å². The number of aryl methyl sites for hydroxylation is 1. The van der Waals surface area contributed by atoms with Crippen molar-refractivity contribution in [2.45, 2.75) is 46.1 Å². The van der Waals surface area contributed by atoms with Gasteiger partial charge in [-0.15, -0.1) is 0 Å². The molecular weight excluding hydrogens is 316 g/mol. The Kier molecular flexibility index (Phi) is 5.61. The van der Waals surface area contributed by atoms with E-state index >= 15 is 0 Å². The van der Waals surface area contributed by atoms with E-state index in [1.807, 2.05) is 17.0 Å². The Morgan fingerprint density at radius 3 is 2.84 bits per heavy atom. The first-order valence-electron chi connectivity index (χ1n) is 9.33. The number of nitrogens with zero attached hydrogens (tertiary/aromatic N) is 1. The largest absolute Gasteiger partial charge is 0.491 e. The predicted octanol–water partition coefficient (Wildman–Crippen LogP) is 2.52. The highest BCUT2D eigenvalue weighted by atomic mass is 16.5. The highest BCUT2D eigenvalue weighted by Gasteiger charge is 2.34. The Hall–Kier alpha value is -2.04. The summed E-state index contributed by atoms with van der Waals surface area (Å²) in [7, 11) is 0. The maximum Gasteiger partial charge on any atom is 0.226 e. The van der Waals surface area contributed by atoms with Gasteiger partial charge in [0.2, 0.25) is 11.8 Å². The smallest absolute Gasteiger partial charge is 0.226 e. The van der Waals surface area contributed by atoms with Gasteiger partial charge in [0.25, 0.3) is 0 Å². The highest BCUT2D eigenvalue weighted by Crippen LogP contribution is 2.33. The number of ether oxygens (including phenoxy) is 1. The van der Waals surface area contributed by atoms with Crippen LogP contribution in [0.2, 0.25) is 0 Å². The van der Waals surface area contributed by atoms with Gasteiger partial charge >= 0.3 is 0 Å². The summed E-state index contributed by atoms with van der Waals surface area (Å²) in [5.41, 5.74) is 2.16. The summed E-state index contributed by atoms with van der Waals surface area (Å²) in [6.07, 6.45) is 3.23. The lowest BCUT2D eigenvalue weighted by atomic mass is 10.0. The molecule has 1 heterocycles. The molecule has 1 saturated carbocycles. The topological polar surface area (TPSA) is 58.6 Å². The SMILES string of the molecule is CC(C)CNC(=O)CCc1ccc2c(c1)CN(C(=O)C1CC1)CCO2. The summed E-state index contributed by atoms with van der Waals surface area (Å²) in [6.45, 7) is 6.69. The zero-order valence-corrected chi connectivity index (χ0v) is 15.2. The lowest BCUT2D eigenvalue weighted by Crippen LogP contribution is -2.33. The highest BCUT2D eigenvalue weighted by molar-refractivity contribution is 5.81. The molecule has 3 rings (SSSR count). The van der Waals surface area contributed by atoms with Gasteiger partial charge < -0.3 is 15.0 Å². The van der Waals surface area contributed by atoms with Gasteiger partial charge in [0.15, 0.2) is 0 Å². The van der Waals surface area contributed by atoms with Crippen LogP contribution in [-0.4, -0.2) is 36.4 Å². The molecule has 136 valence electrons. The van der Waals surface area contributed by atoms with E-state index in [0.29, 0.717) is 38.5 Å². The molecule has 1 aromatic rings. The fourth-order valence-corrected chi connectivity index (χ4v) is 3.04. The number of benzene rings is 1. The van der Waals surface area contributed by atoms with Crippen LogP contribution in [0, 0.1) is 11.8 Å². The number of hydrogen-bond acceptors (Lipinski definition) is 3. The summed E-state index contributed by atoms with van der Waals surface area (Å²) in [5.74, 6) is 1.90. The van der Waals surface area contributed by atoms with E-state index < -0.39 is 0 Å². The molecule has 0 spiro atoms. The molecule has 0 aromatic heterocycles. The van der Waals surface area contributed by atoms with Gasteiger partial charge in [0.05, 0.1) is 6.54 Å². The Morgan fingerprint density at radius 2 is 2.12 bits per heavy atom. The molecule has 0 saturated heterocycles. The molecule has 5 nitrogen and oxygen atoms in total.